The molecule has 0 unspecified atom stereocenters. The fraction of sp³-hybridized carbons (Fsp3) is 0.208. The molecule has 0 radical (unpaired) electrons. The molecule has 3 aromatic carbocycles. The van der Waals surface area contributed by atoms with Gasteiger partial charge in [-0.05, 0) is 66.9 Å². The van der Waals surface area contributed by atoms with Gasteiger partial charge in [0.05, 0.1) is 16.1 Å². The van der Waals surface area contributed by atoms with Gasteiger partial charge in [-0.3, -0.25) is 4.31 Å². The van der Waals surface area contributed by atoms with Crippen LogP contribution in [-0.2, 0) is 21.2 Å². The number of aryl methyl sites for hydroxylation is 1. The van der Waals surface area contributed by atoms with Gasteiger partial charge in [0.1, 0.15) is 19.0 Å². The molecule has 0 aliphatic carbocycles. The highest BCUT2D eigenvalue weighted by Crippen LogP contribution is 2.31. The molecule has 0 amide bonds. The fourth-order valence-electron chi connectivity index (χ4n) is 3.57. The van der Waals surface area contributed by atoms with Gasteiger partial charge in [0.15, 0.2) is 0 Å². The Labute approximate surface area is 196 Å². The summed E-state index contributed by atoms with van der Waals surface area (Å²) in [5.74, 6) is 0.138. The monoisotopic (exact) mass is 515 g/mol. The molecule has 0 atom stereocenters. The maximum Gasteiger partial charge on any atom is 0.338 e. The topological polar surface area (TPSA) is 72.9 Å². The van der Waals surface area contributed by atoms with Crippen LogP contribution in [0.25, 0.3) is 0 Å². The second-order valence-electron chi connectivity index (χ2n) is 7.28. The third kappa shape index (κ3) is 4.97. The molecular formula is C24H22BrNO5S. The van der Waals surface area contributed by atoms with E-state index < -0.39 is 16.0 Å². The molecule has 0 N–H and O–H groups in total. The number of anilines is 1. The molecule has 1 heterocycles. The van der Waals surface area contributed by atoms with E-state index in [9.17, 15) is 13.2 Å². The van der Waals surface area contributed by atoms with Crippen LogP contribution in [0.4, 0.5) is 5.69 Å². The molecule has 0 saturated carbocycles. The van der Waals surface area contributed by atoms with E-state index in [1.807, 2.05) is 48.5 Å². The van der Waals surface area contributed by atoms with Crippen LogP contribution in [0.5, 0.6) is 5.75 Å². The standard InChI is InChI=1S/C24H22BrNO5S/c25-20-7-3-8-21(17-20)30-15-16-31-24(27)19-10-12-22(13-11-19)32(28,29)26-14-4-6-18-5-1-2-9-23(18)26/h1-3,5,7-13,17H,4,6,14-16H2. The number of hydrogen-bond acceptors (Lipinski definition) is 5. The minimum atomic E-state index is -3.72. The second-order valence-corrected chi connectivity index (χ2v) is 10.1. The lowest BCUT2D eigenvalue weighted by atomic mass is 10.0. The van der Waals surface area contributed by atoms with Gasteiger partial charge < -0.3 is 9.47 Å². The lowest BCUT2D eigenvalue weighted by Gasteiger charge is -2.30. The van der Waals surface area contributed by atoms with Gasteiger partial charge >= 0.3 is 5.97 Å². The summed E-state index contributed by atoms with van der Waals surface area (Å²) >= 11 is 3.37. The van der Waals surface area contributed by atoms with E-state index in [0.29, 0.717) is 18.0 Å². The van der Waals surface area contributed by atoms with Crippen molar-refractivity contribution in [3.63, 3.8) is 0 Å². The summed E-state index contributed by atoms with van der Waals surface area (Å²) in [6.45, 7) is 0.722. The number of benzene rings is 3. The van der Waals surface area contributed by atoms with Gasteiger partial charge in [0.2, 0.25) is 0 Å². The summed E-state index contributed by atoms with van der Waals surface area (Å²) in [5, 5.41) is 0. The average Bonchev–Trinajstić information content (AvgIpc) is 2.81. The Bertz CT molecular complexity index is 1210. The number of carbonyl (C=O) groups is 1. The number of carbonyl (C=O) groups excluding carboxylic acids is 1. The number of hydrogen-bond donors (Lipinski definition) is 0. The Morgan fingerprint density at radius 2 is 1.75 bits per heavy atom. The first-order valence-electron chi connectivity index (χ1n) is 10.2. The van der Waals surface area contributed by atoms with Crippen LogP contribution in [0.1, 0.15) is 22.3 Å². The van der Waals surface area contributed by atoms with E-state index in [2.05, 4.69) is 15.9 Å². The summed E-state index contributed by atoms with van der Waals surface area (Å²) in [4.78, 5) is 12.4. The molecule has 0 aromatic heterocycles. The van der Waals surface area contributed by atoms with Gasteiger partial charge in [0, 0.05) is 11.0 Å². The Balaban J connectivity index is 1.38. The van der Waals surface area contributed by atoms with E-state index in [-0.39, 0.29) is 23.7 Å². The number of rotatable bonds is 7. The van der Waals surface area contributed by atoms with Crippen LogP contribution in [0.2, 0.25) is 0 Å². The van der Waals surface area contributed by atoms with Crippen LogP contribution in [0.3, 0.4) is 0 Å². The summed E-state index contributed by atoms with van der Waals surface area (Å²) in [7, 11) is -3.72. The van der Waals surface area contributed by atoms with Crippen LogP contribution >= 0.6 is 15.9 Å². The summed E-state index contributed by atoms with van der Waals surface area (Å²) in [5.41, 5.74) is 2.02. The highest BCUT2D eigenvalue weighted by Gasteiger charge is 2.29. The van der Waals surface area contributed by atoms with Gasteiger partial charge in [-0.1, -0.05) is 40.2 Å². The Morgan fingerprint density at radius 3 is 2.53 bits per heavy atom. The number of halogens is 1. The average molecular weight is 516 g/mol. The Morgan fingerprint density at radius 1 is 0.969 bits per heavy atom. The number of ether oxygens (including phenoxy) is 2. The number of para-hydroxylation sites is 1. The Hall–Kier alpha value is -2.84. The van der Waals surface area contributed by atoms with E-state index in [1.54, 1.807) is 0 Å². The SMILES string of the molecule is O=C(OCCOc1cccc(Br)c1)c1ccc(S(=O)(=O)N2CCCc3ccccc32)cc1. The molecule has 166 valence electrons. The predicted molar refractivity (Wildman–Crippen MR) is 126 cm³/mol. The first-order valence-corrected chi connectivity index (χ1v) is 12.4. The van der Waals surface area contributed by atoms with Crippen molar-refractivity contribution in [2.24, 2.45) is 0 Å². The van der Waals surface area contributed by atoms with E-state index in [1.165, 1.54) is 28.6 Å². The summed E-state index contributed by atoms with van der Waals surface area (Å²) in [6.07, 6.45) is 1.63. The Kier molecular flexibility index (Phi) is 6.81. The lowest BCUT2D eigenvalue weighted by Crippen LogP contribution is -2.35. The minimum absolute atomic E-state index is 0.0793. The minimum Gasteiger partial charge on any atom is -0.490 e. The first-order chi connectivity index (χ1) is 15.4. The number of nitrogens with zero attached hydrogens (tertiary/aromatic N) is 1. The molecule has 0 fully saturated rings. The zero-order valence-corrected chi connectivity index (χ0v) is 19.6. The maximum absolute atomic E-state index is 13.2. The van der Waals surface area contributed by atoms with Crippen molar-refractivity contribution in [1.29, 1.82) is 0 Å². The molecule has 0 saturated heterocycles. The smallest absolute Gasteiger partial charge is 0.338 e. The molecule has 0 bridgehead atoms. The van der Waals surface area contributed by atoms with Crippen molar-refractivity contribution in [1.82, 2.24) is 0 Å². The molecule has 32 heavy (non-hydrogen) atoms. The molecule has 1 aliphatic rings. The third-order valence-electron chi connectivity index (χ3n) is 5.13. The highest BCUT2D eigenvalue weighted by atomic mass is 79.9. The van der Waals surface area contributed by atoms with Crippen molar-refractivity contribution in [2.45, 2.75) is 17.7 Å². The number of fused-ring (bicyclic) bond motifs is 1. The van der Waals surface area contributed by atoms with E-state index in [0.717, 1.165) is 22.9 Å². The second kappa shape index (κ2) is 9.75. The first kappa shape index (κ1) is 22.4. The van der Waals surface area contributed by atoms with Gasteiger partial charge in [0.25, 0.3) is 10.0 Å². The number of sulfonamides is 1. The van der Waals surface area contributed by atoms with Crippen LogP contribution in [-0.4, -0.2) is 34.1 Å². The van der Waals surface area contributed by atoms with Crippen molar-refractivity contribution in [3.05, 3.63) is 88.4 Å². The van der Waals surface area contributed by atoms with Crippen molar-refractivity contribution in [3.8, 4) is 5.75 Å². The fourth-order valence-corrected chi connectivity index (χ4v) is 5.49. The van der Waals surface area contributed by atoms with Gasteiger partial charge in [-0.15, -0.1) is 0 Å². The highest BCUT2D eigenvalue weighted by molar-refractivity contribution is 9.10. The van der Waals surface area contributed by atoms with Crippen LogP contribution in [0.15, 0.2) is 82.2 Å². The quantitative estimate of drug-likeness (QED) is 0.333. The van der Waals surface area contributed by atoms with Crippen molar-refractivity contribution < 1.29 is 22.7 Å². The molecule has 1 aliphatic heterocycles. The van der Waals surface area contributed by atoms with Crippen LogP contribution in [0, 0.1) is 0 Å². The predicted octanol–water partition coefficient (Wildman–Crippen LogP) is 4.83. The maximum atomic E-state index is 13.2. The largest absolute Gasteiger partial charge is 0.490 e. The van der Waals surface area contributed by atoms with Gasteiger partial charge in [-0.25, -0.2) is 13.2 Å². The van der Waals surface area contributed by atoms with Crippen LogP contribution < -0.4 is 9.04 Å². The normalized spacial score (nSPS) is 13.3. The zero-order chi connectivity index (χ0) is 22.6. The van der Waals surface area contributed by atoms with Crippen molar-refractivity contribution >= 4 is 37.6 Å². The molecular weight excluding hydrogens is 494 g/mol. The third-order valence-corrected chi connectivity index (χ3v) is 7.45. The van der Waals surface area contributed by atoms with E-state index >= 15 is 0 Å². The molecule has 0 spiro atoms. The molecule has 8 heteroatoms. The van der Waals surface area contributed by atoms with Gasteiger partial charge in [-0.2, -0.15) is 0 Å². The summed E-state index contributed by atoms with van der Waals surface area (Å²) in [6, 6.07) is 20.7. The molecule has 3 aromatic rings. The zero-order valence-electron chi connectivity index (χ0n) is 17.2. The van der Waals surface area contributed by atoms with Crippen molar-refractivity contribution in [2.75, 3.05) is 24.1 Å². The number of esters is 1. The molecule has 6 nitrogen and oxygen atoms in total. The summed E-state index contributed by atoms with van der Waals surface area (Å²) < 4.78 is 39.5. The lowest BCUT2D eigenvalue weighted by molar-refractivity contribution is 0.0450. The van der Waals surface area contributed by atoms with E-state index in [4.69, 9.17) is 9.47 Å². The molecule has 4 rings (SSSR count).